The first-order valence-electron chi connectivity index (χ1n) is 8.02. The smallest absolute Gasteiger partial charge is 0.129 e. The zero-order valence-corrected chi connectivity index (χ0v) is 13.0. The Morgan fingerprint density at radius 1 is 1.26 bits per heavy atom. The molecule has 122 valence electrons. The molecule has 2 heterocycles. The van der Waals surface area contributed by atoms with Gasteiger partial charge in [-0.15, -0.1) is 0 Å². The fourth-order valence-electron chi connectivity index (χ4n) is 3.05. The first-order valence-corrected chi connectivity index (χ1v) is 8.02. The number of halogens is 1. The van der Waals surface area contributed by atoms with Crippen LogP contribution in [0.1, 0.15) is 18.1 Å². The predicted molar refractivity (Wildman–Crippen MR) is 88.6 cm³/mol. The third-order valence-corrected chi connectivity index (χ3v) is 4.30. The molecule has 1 aromatic carbocycles. The standard InChI is InChI=1S/C18H22FN3O/c19-16-6-2-1-5-15(16)17(23)13-22-10-8-14(12-22)11-21-18-7-3-4-9-20-18/h1-7,9,14,17,23H,8,10-13H2,(H,20,21)/t14-,17-/m1/s1. The van der Waals surface area contributed by atoms with Gasteiger partial charge in [0.05, 0.1) is 6.10 Å². The van der Waals surface area contributed by atoms with Crippen LogP contribution in [0.15, 0.2) is 48.7 Å². The summed E-state index contributed by atoms with van der Waals surface area (Å²) in [6.45, 7) is 3.18. The monoisotopic (exact) mass is 315 g/mol. The summed E-state index contributed by atoms with van der Waals surface area (Å²) in [6, 6.07) is 12.2. The lowest BCUT2D eigenvalue weighted by molar-refractivity contribution is 0.121. The second kappa shape index (κ2) is 7.53. The molecule has 1 fully saturated rings. The number of nitrogens with one attached hydrogen (secondary N) is 1. The molecule has 0 unspecified atom stereocenters. The van der Waals surface area contributed by atoms with Gasteiger partial charge >= 0.3 is 0 Å². The molecule has 3 rings (SSSR count). The second-order valence-electron chi connectivity index (χ2n) is 6.05. The van der Waals surface area contributed by atoms with Crippen LogP contribution >= 0.6 is 0 Å². The molecule has 1 aromatic heterocycles. The van der Waals surface area contributed by atoms with E-state index in [4.69, 9.17) is 0 Å². The van der Waals surface area contributed by atoms with Crippen LogP contribution in [0.25, 0.3) is 0 Å². The van der Waals surface area contributed by atoms with E-state index in [1.807, 2.05) is 18.2 Å². The molecular weight excluding hydrogens is 293 g/mol. The number of β-amino-alcohol motifs (C(OH)–C–C–N with tert-alkyl or cyclic N) is 1. The zero-order chi connectivity index (χ0) is 16.1. The van der Waals surface area contributed by atoms with Gasteiger partial charge in [0.15, 0.2) is 0 Å². The van der Waals surface area contributed by atoms with E-state index in [9.17, 15) is 9.50 Å². The highest BCUT2D eigenvalue weighted by Crippen LogP contribution is 2.22. The van der Waals surface area contributed by atoms with E-state index < -0.39 is 6.10 Å². The Kier molecular flexibility index (Phi) is 5.20. The van der Waals surface area contributed by atoms with Crippen LogP contribution in [0.3, 0.4) is 0 Å². The third kappa shape index (κ3) is 4.27. The maximum absolute atomic E-state index is 13.7. The molecule has 2 aromatic rings. The van der Waals surface area contributed by atoms with Crippen molar-refractivity contribution in [3.63, 3.8) is 0 Å². The van der Waals surface area contributed by atoms with Crippen molar-refractivity contribution < 1.29 is 9.50 Å². The molecule has 0 saturated carbocycles. The van der Waals surface area contributed by atoms with Gasteiger partial charge in [-0.2, -0.15) is 0 Å². The highest BCUT2D eigenvalue weighted by molar-refractivity contribution is 5.33. The topological polar surface area (TPSA) is 48.4 Å². The van der Waals surface area contributed by atoms with Gasteiger partial charge in [0, 0.05) is 31.4 Å². The minimum absolute atomic E-state index is 0.340. The molecule has 0 spiro atoms. The highest BCUT2D eigenvalue weighted by Gasteiger charge is 2.25. The minimum atomic E-state index is -0.779. The highest BCUT2D eigenvalue weighted by atomic mass is 19.1. The molecule has 1 saturated heterocycles. The van der Waals surface area contributed by atoms with Crippen molar-refractivity contribution in [3.05, 3.63) is 60.0 Å². The Morgan fingerprint density at radius 2 is 2.09 bits per heavy atom. The number of benzene rings is 1. The number of nitrogens with zero attached hydrogens (tertiary/aromatic N) is 2. The van der Waals surface area contributed by atoms with Crippen molar-refractivity contribution in [1.82, 2.24) is 9.88 Å². The number of hydrogen-bond donors (Lipinski definition) is 2. The van der Waals surface area contributed by atoms with E-state index in [0.29, 0.717) is 18.0 Å². The summed E-state index contributed by atoms with van der Waals surface area (Å²) in [6.07, 6.45) is 2.07. The fourth-order valence-corrected chi connectivity index (χ4v) is 3.05. The molecule has 0 aliphatic carbocycles. The minimum Gasteiger partial charge on any atom is -0.387 e. The number of hydrogen-bond acceptors (Lipinski definition) is 4. The van der Waals surface area contributed by atoms with Crippen molar-refractivity contribution in [2.45, 2.75) is 12.5 Å². The number of likely N-dealkylation sites (tertiary alicyclic amines) is 1. The van der Waals surface area contributed by atoms with E-state index in [2.05, 4.69) is 15.2 Å². The van der Waals surface area contributed by atoms with E-state index in [0.717, 1.165) is 31.9 Å². The van der Waals surface area contributed by atoms with E-state index in [-0.39, 0.29) is 5.82 Å². The second-order valence-corrected chi connectivity index (χ2v) is 6.05. The molecule has 1 aliphatic heterocycles. The maximum atomic E-state index is 13.7. The molecule has 5 heteroatoms. The number of aliphatic hydroxyl groups is 1. The fraction of sp³-hybridized carbons (Fsp3) is 0.389. The Labute approximate surface area is 136 Å². The molecular formula is C18H22FN3O. The van der Waals surface area contributed by atoms with Gasteiger partial charge in [0.1, 0.15) is 11.6 Å². The first kappa shape index (κ1) is 15.9. The lowest BCUT2D eigenvalue weighted by Crippen LogP contribution is -2.28. The van der Waals surface area contributed by atoms with Crippen molar-refractivity contribution in [2.24, 2.45) is 5.92 Å². The first-order chi connectivity index (χ1) is 11.2. The van der Waals surface area contributed by atoms with Gasteiger partial charge in [-0.05, 0) is 37.1 Å². The Morgan fingerprint density at radius 3 is 2.87 bits per heavy atom. The summed E-state index contributed by atoms with van der Waals surface area (Å²) in [7, 11) is 0. The molecule has 0 radical (unpaired) electrons. The van der Waals surface area contributed by atoms with Gasteiger partial charge in [0.25, 0.3) is 0 Å². The average Bonchev–Trinajstić information content (AvgIpc) is 3.02. The van der Waals surface area contributed by atoms with E-state index in [1.165, 1.54) is 6.07 Å². The summed E-state index contributed by atoms with van der Waals surface area (Å²) in [5.41, 5.74) is 0.377. The van der Waals surface area contributed by atoms with Crippen molar-refractivity contribution >= 4 is 5.82 Å². The molecule has 23 heavy (non-hydrogen) atoms. The van der Waals surface area contributed by atoms with Gasteiger partial charge in [-0.1, -0.05) is 24.3 Å². The van der Waals surface area contributed by atoms with Crippen LogP contribution in [0, 0.1) is 11.7 Å². The van der Waals surface area contributed by atoms with Crippen LogP contribution in [0.2, 0.25) is 0 Å². The zero-order valence-electron chi connectivity index (χ0n) is 13.0. The van der Waals surface area contributed by atoms with Crippen molar-refractivity contribution in [2.75, 3.05) is 31.5 Å². The summed E-state index contributed by atoms with van der Waals surface area (Å²) in [5, 5.41) is 13.6. The van der Waals surface area contributed by atoms with Crippen LogP contribution in [0.5, 0.6) is 0 Å². The molecule has 2 N–H and O–H groups in total. The summed E-state index contributed by atoms with van der Waals surface area (Å²) in [5.74, 6) is 1.06. The average molecular weight is 315 g/mol. The Bertz CT molecular complexity index is 623. The summed E-state index contributed by atoms with van der Waals surface area (Å²) < 4.78 is 13.7. The number of pyridine rings is 1. The normalized spacial score (nSPS) is 19.7. The Hall–Kier alpha value is -1.98. The number of rotatable bonds is 6. The maximum Gasteiger partial charge on any atom is 0.129 e. The number of anilines is 1. The van der Waals surface area contributed by atoms with Crippen LogP contribution < -0.4 is 5.32 Å². The predicted octanol–water partition coefficient (Wildman–Crippen LogP) is 2.69. The quantitative estimate of drug-likeness (QED) is 0.860. The SMILES string of the molecule is O[C@H](CN1CC[C@H](CNc2ccccn2)C1)c1ccccc1F. The lowest BCUT2D eigenvalue weighted by atomic mass is 10.1. The lowest BCUT2D eigenvalue weighted by Gasteiger charge is -2.21. The van der Waals surface area contributed by atoms with Gasteiger partial charge in [0.2, 0.25) is 0 Å². The number of aromatic nitrogens is 1. The largest absolute Gasteiger partial charge is 0.387 e. The molecule has 2 atom stereocenters. The summed E-state index contributed by atoms with van der Waals surface area (Å²) in [4.78, 5) is 6.45. The molecule has 4 nitrogen and oxygen atoms in total. The molecule has 1 aliphatic rings. The Balaban J connectivity index is 1.47. The van der Waals surface area contributed by atoms with Crippen LogP contribution in [-0.2, 0) is 0 Å². The van der Waals surface area contributed by atoms with Crippen molar-refractivity contribution in [3.8, 4) is 0 Å². The summed E-state index contributed by atoms with van der Waals surface area (Å²) >= 11 is 0. The van der Waals surface area contributed by atoms with Gasteiger partial charge in [-0.25, -0.2) is 9.37 Å². The van der Waals surface area contributed by atoms with Gasteiger partial charge in [-0.3, -0.25) is 0 Å². The van der Waals surface area contributed by atoms with Crippen LogP contribution in [0.4, 0.5) is 10.2 Å². The third-order valence-electron chi connectivity index (χ3n) is 4.30. The number of aliphatic hydroxyl groups excluding tert-OH is 1. The van der Waals surface area contributed by atoms with E-state index >= 15 is 0 Å². The van der Waals surface area contributed by atoms with Gasteiger partial charge < -0.3 is 15.3 Å². The molecule has 0 amide bonds. The van der Waals surface area contributed by atoms with Crippen molar-refractivity contribution in [1.29, 1.82) is 0 Å². The van der Waals surface area contributed by atoms with Crippen LogP contribution in [-0.4, -0.2) is 41.2 Å². The van der Waals surface area contributed by atoms with E-state index in [1.54, 1.807) is 24.4 Å². The molecule has 0 bridgehead atoms.